The van der Waals surface area contributed by atoms with Crippen molar-refractivity contribution < 1.29 is 28.6 Å². The number of carboxylic acid groups (broad SMARTS) is 1. The highest BCUT2D eigenvalue weighted by molar-refractivity contribution is 6.40. The summed E-state index contributed by atoms with van der Waals surface area (Å²) in [4.78, 5) is 39.6. The van der Waals surface area contributed by atoms with E-state index < -0.39 is 24.2 Å². The van der Waals surface area contributed by atoms with Crippen molar-refractivity contribution in [3.63, 3.8) is 0 Å². The molecule has 0 bridgehead atoms. The van der Waals surface area contributed by atoms with Crippen molar-refractivity contribution in [3.8, 4) is 0 Å². The van der Waals surface area contributed by atoms with Crippen LogP contribution in [0.15, 0.2) is 36.4 Å². The number of carbonyl (C=O) groups is 3. The molecule has 3 rings (SSSR count). The van der Waals surface area contributed by atoms with Gasteiger partial charge in [-0.25, -0.2) is 9.18 Å². The molecular formula is C26H29Cl2FN2O5. The number of benzene rings is 2. The molecule has 2 aromatic rings. The van der Waals surface area contributed by atoms with Crippen LogP contribution in [0.4, 0.5) is 20.6 Å². The molecule has 1 N–H and O–H groups in total. The SMILES string of the molecule is C[C@@H]1C[C@H](Cc2ccccc2F)CN(c2c(Cl)cc(N(CC(=O)O)C(=O)OC(C)(C)C)cc2Cl)C1=O. The highest BCUT2D eigenvalue weighted by Crippen LogP contribution is 2.41. The summed E-state index contributed by atoms with van der Waals surface area (Å²) < 4.78 is 19.6. The maximum atomic E-state index is 14.2. The molecule has 0 aliphatic carbocycles. The third kappa shape index (κ3) is 6.68. The van der Waals surface area contributed by atoms with Gasteiger partial charge in [-0.15, -0.1) is 0 Å². The smallest absolute Gasteiger partial charge is 0.415 e. The van der Waals surface area contributed by atoms with Gasteiger partial charge in [-0.3, -0.25) is 14.5 Å². The maximum absolute atomic E-state index is 14.2. The molecule has 2 atom stereocenters. The highest BCUT2D eigenvalue weighted by atomic mass is 35.5. The summed E-state index contributed by atoms with van der Waals surface area (Å²) in [5.74, 6) is -2.10. The molecule has 2 amide bonds. The number of rotatable bonds is 6. The average Bonchev–Trinajstić information content (AvgIpc) is 2.75. The van der Waals surface area contributed by atoms with Gasteiger partial charge in [-0.1, -0.05) is 48.3 Å². The Morgan fingerprint density at radius 1 is 1.19 bits per heavy atom. The molecular weight excluding hydrogens is 510 g/mol. The first kappa shape index (κ1) is 27.7. The van der Waals surface area contributed by atoms with Gasteiger partial charge in [-0.05, 0) is 63.3 Å². The van der Waals surface area contributed by atoms with Crippen LogP contribution in [-0.2, 0) is 20.7 Å². The van der Waals surface area contributed by atoms with E-state index in [4.69, 9.17) is 27.9 Å². The molecule has 36 heavy (non-hydrogen) atoms. The number of aliphatic carboxylic acids is 1. The van der Waals surface area contributed by atoms with Gasteiger partial charge in [-0.2, -0.15) is 0 Å². The fourth-order valence-electron chi connectivity index (χ4n) is 4.29. The number of piperidine rings is 1. The molecule has 2 aromatic carbocycles. The molecule has 1 aliphatic rings. The van der Waals surface area contributed by atoms with Crippen molar-refractivity contribution >= 4 is 52.5 Å². The Morgan fingerprint density at radius 2 is 1.81 bits per heavy atom. The van der Waals surface area contributed by atoms with Gasteiger partial charge in [0.2, 0.25) is 5.91 Å². The molecule has 1 fully saturated rings. The number of carbonyl (C=O) groups excluding carboxylic acids is 2. The van der Waals surface area contributed by atoms with Crippen LogP contribution < -0.4 is 9.80 Å². The topological polar surface area (TPSA) is 87.2 Å². The summed E-state index contributed by atoms with van der Waals surface area (Å²) in [6.07, 6.45) is 0.152. The number of carboxylic acids is 1. The summed E-state index contributed by atoms with van der Waals surface area (Å²) in [6.45, 7) is 6.39. The number of hydrogen-bond donors (Lipinski definition) is 1. The zero-order valence-corrected chi connectivity index (χ0v) is 22.1. The van der Waals surface area contributed by atoms with E-state index in [1.807, 2.05) is 0 Å². The predicted octanol–water partition coefficient (Wildman–Crippen LogP) is 6.19. The Kier molecular flexibility index (Phi) is 8.52. The van der Waals surface area contributed by atoms with E-state index in [1.165, 1.54) is 23.1 Å². The molecule has 0 aromatic heterocycles. The lowest BCUT2D eigenvalue weighted by Gasteiger charge is -2.37. The third-order valence-electron chi connectivity index (χ3n) is 5.77. The van der Waals surface area contributed by atoms with Crippen molar-refractivity contribution in [3.05, 3.63) is 57.8 Å². The zero-order chi connectivity index (χ0) is 26.8. The first-order chi connectivity index (χ1) is 16.8. The van der Waals surface area contributed by atoms with E-state index in [0.717, 1.165) is 4.90 Å². The first-order valence-electron chi connectivity index (χ1n) is 11.5. The standard InChI is InChI=1S/C26H29Cl2FN2O5/c1-15-9-16(10-17-7-5-6-8-21(17)29)13-31(24(15)34)23-19(27)11-18(12-20(23)28)30(14-22(32)33)25(35)36-26(2,3)4/h5-8,11-12,15-16H,9-10,13-14H2,1-4H3,(H,32,33)/t15-,16-/m1/s1. The minimum Gasteiger partial charge on any atom is -0.480 e. The molecule has 1 aliphatic heterocycles. The van der Waals surface area contributed by atoms with Gasteiger partial charge in [0.15, 0.2) is 0 Å². The fourth-order valence-corrected chi connectivity index (χ4v) is 4.97. The van der Waals surface area contributed by atoms with Crippen LogP contribution in [0.2, 0.25) is 10.0 Å². The van der Waals surface area contributed by atoms with Crippen LogP contribution in [0.3, 0.4) is 0 Å². The fraction of sp³-hybridized carbons (Fsp3) is 0.423. The van der Waals surface area contributed by atoms with Crippen molar-refractivity contribution in [2.24, 2.45) is 11.8 Å². The van der Waals surface area contributed by atoms with Crippen LogP contribution in [0, 0.1) is 17.7 Å². The summed E-state index contributed by atoms with van der Waals surface area (Å²) >= 11 is 13.1. The molecule has 1 saturated heterocycles. The largest absolute Gasteiger partial charge is 0.480 e. The molecule has 1 heterocycles. The Balaban J connectivity index is 1.93. The minimum atomic E-state index is -1.26. The maximum Gasteiger partial charge on any atom is 0.415 e. The van der Waals surface area contributed by atoms with Gasteiger partial charge in [0.05, 0.1) is 21.4 Å². The van der Waals surface area contributed by atoms with Crippen LogP contribution in [0.5, 0.6) is 0 Å². The Morgan fingerprint density at radius 3 is 2.36 bits per heavy atom. The minimum absolute atomic E-state index is 0.0355. The number of hydrogen-bond acceptors (Lipinski definition) is 4. The van der Waals surface area contributed by atoms with Crippen molar-refractivity contribution in [2.45, 2.75) is 46.1 Å². The Hall–Kier alpha value is -2.84. The monoisotopic (exact) mass is 538 g/mol. The highest BCUT2D eigenvalue weighted by Gasteiger charge is 2.35. The van der Waals surface area contributed by atoms with Crippen LogP contribution >= 0.6 is 23.2 Å². The lowest BCUT2D eigenvalue weighted by atomic mass is 9.85. The quantitative estimate of drug-likeness (QED) is 0.473. The Bertz CT molecular complexity index is 1140. The summed E-state index contributed by atoms with van der Waals surface area (Å²) in [6, 6.07) is 9.30. The number of amides is 2. The van der Waals surface area contributed by atoms with Crippen LogP contribution in [-0.4, -0.2) is 41.8 Å². The van der Waals surface area contributed by atoms with Crippen LogP contribution in [0.1, 0.15) is 39.7 Å². The summed E-state index contributed by atoms with van der Waals surface area (Å²) in [5.41, 5.74) is 0.0889. The Labute approximate surface area is 219 Å². The van der Waals surface area contributed by atoms with E-state index in [-0.39, 0.29) is 51.5 Å². The van der Waals surface area contributed by atoms with E-state index >= 15 is 0 Å². The summed E-state index contributed by atoms with van der Waals surface area (Å²) in [5, 5.41) is 9.47. The van der Waals surface area contributed by atoms with E-state index in [2.05, 4.69) is 0 Å². The van der Waals surface area contributed by atoms with E-state index in [9.17, 15) is 23.9 Å². The molecule has 10 heteroatoms. The van der Waals surface area contributed by atoms with Crippen molar-refractivity contribution in [1.29, 1.82) is 0 Å². The normalized spacial score (nSPS) is 18.2. The van der Waals surface area contributed by atoms with Crippen molar-refractivity contribution in [1.82, 2.24) is 0 Å². The number of nitrogens with zero attached hydrogens (tertiary/aromatic N) is 2. The summed E-state index contributed by atoms with van der Waals surface area (Å²) in [7, 11) is 0. The molecule has 194 valence electrons. The van der Waals surface area contributed by atoms with Crippen LogP contribution in [0.25, 0.3) is 0 Å². The molecule has 0 spiro atoms. The molecule has 7 nitrogen and oxygen atoms in total. The second-order valence-corrected chi connectivity index (χ2v) is 10.8. The lowest BCUT2D eigenvalue weighted by molar-refractivity contribution is -0.135. The molecule has 0 radical (unpaired) electrons. The molecule has 0 unspecified atom stereocenters. The number of halogens is 3. The molecule has 0 saturated carbocycles. The number of ether oxygens (including phenoxy) is 1. The van der Waals surface area contributed by atoms with Gasteiger partial charge < -0.3 is 14.7 Å². The van der Waals surface area contributed by atoms with Gasteiger partial charge in [0, 0.05) is 12.5 Å². The zero-order valence-electron chi connectivity index (χ0n) is 20.6. The van der Waals surface area contributed by atoms with E-state index in [1.54, 1.807) is 45.9 Å². The second-order valence-electron chi connectivity index (χ2n) is 9.97. The second kappa shape index (κ2) is 11.0. The number of anilines is 2. The average molecular weight is 539 g/mol. The van der Waals surface area contributed by atoms with Gasteiger partial charge in [0.25, 0.3) is 0 Å². The predicted molar refractivity (Wildman–Crippen MR) is 137 cm³/mol. The van der Waals surface area contributed by atoms with Gasteiger partial charge in [0.1, 0.15) is 18.0 Å². The third-order valence-corrected chi connectivity index (χ3v) is 6.35. The van der Waals surface area contributed by atoms with E-state index in [0.29, 0.717) is 18.4 Å². The van der Waals surface area contributed by atoms with Gasteiger partial charge >= 0.3 is 12.1 Å². The lowest BCUT2D eigenvalue weighted by Crippen LogP contribution is -2.45. The van der Waals surface area contributed by atoms with Crippen molar-refractivity contribution in [2.75, 3.05) is 22.9 Å². The first-order valence-corrected chi connectivity index (χ1v) is 12.3.